The molecule has 0 aromatic heterocycles. The molecule has 1 aromatic rings. The van der Waals surface area contributed by atoms with Gasteiger partial charge >= 0.3 is 0 Å². The highest BCUT2D eigenvalue weighted by Crippen LogP contribution is 2.22. The lowest BCUT2D eigenvalue weighted by Gasteiger charge is -2.18. The van der Waals surface area contributed by atoms with Gasteiger partial charge in [-0.3, -0.25) is 10.1 Å². The SMILES string of the molecule is CCCOC(OCCC)c1ccc([N+](=O)[O-])cc1. The molecule has 0 atom stereocenters. The molecule has 0 amide bonds. The van der Waals surface area contributed by atoms with E-state index in [0.717, 1.165) is 18.4 Å². The second kappa shape index (κ2) is 7.79. The monoisotopic (exact) mass is 253 g/mol. The molecule has 0 saturated carbocycles. The summed E-state index contributed by atoms with van der Waals surface area (Å²) in [7, 11) is 0. The van der Waals surface area contributed by atoms with Gasteiger partial charge in [0.15, 0.2) is 6.29 Å². The fourth-order valence-corrected chi connectivity index (χ4v) is 1.44. The van der Waals surface area contributed by atoms with E-state index >= 15 is 0 Å². The number of ether oxygens (including phenoxy) is 2. The van der Waals surface area contributed by atoms with Gasteiger partial charge in [-0.15, -0.1) is 0 Å². The third-order valence-corrected chi connectivity index (χ3v) is 2.32. The molecule has 0 unspecified atom stereocenters. The van der Waals surface area contributed by atoms with Gasteiger partial charge in [0.05, 0.1) is 4.92 Å². The van der Waals surface area contributed by atoms with Crippen LogP contribution in [0.3, 0.4) is 0 Å². The molecule has 0 aliphatic heterocycles. The molecular formula is C13H19NO4. The molecule has 0 radical (unpaired) electrons. The van der Waals surface area contributed by atoms with E-state index in [2.05, 4.69) is 0 Å². The van der Waals surface area contributed by atoms with Gasteiger partial charge in [0, 0.05) is 30.9 Å². The largest absolute Gasteiger partial charge is 0.348 e. The maximum Gasteiger partial charge on any atom is 0.269 e. The van der Waals surface area contributed by atoms with Gasteiger partial charge in [-0.2, -0.15) is 0 Å². The summed E-state index contributed by atoms with van der Waals surface area (Å²) in [5.74, 6) is 0. The van der Waals surface area contributed by atoms with Gasteiger partial charge in [-0.05, 0) is 25.0 Å². The molecule has 0 saturated heterocycles. The Kier molecular flexibility index (Phi) is 6.32. The maximum absolute atomic E-state index is 10.6. The van der Waals surface area contributed by atoms with E-state index in [-0.39, 0.29) is 5.69 Å². The summed E-state index contributed by atoms with van der Waals surface area (Å²) in [6, 6.07) is 6.28. The lowest BCUT2D eigenvalue weighted by atomic mass is 10.2. The highest BCUT2D eigenvalue weighted by molar-refractivity contribution is 5.33. The first-order valence-electron chi connectivity index (χ1n) is 6.16. The molecule has 0 fully saturated rings. The van der Waals surface area contributed by atoms with Gasteiger partial charge in [0.25, 0.3) is 5.69 Å². The molecule has 1 rings (SSSR count). The van der Waals surface area contributed by atoms with E-state index in [1.807, 2.05) is 13.8 Å². The average Bonchev–Trinajstić information content (AvgIpc) is 2.39. The minimum atomic E-state index is -0.439. The Balaban J connectivity index is 2.73. The van der Waals surface area contributed by atoms with Gasteiger partial charge < -0.3 is 9.47 Å². The van der Waals surface area contributed by atoms with Crippen LogP contribution in [0.25, 0.3) is 0 Å². The Morgan fingerprint density at radius 2 is 1.61 bits per heavy atom. The molecule has 0 N–H and O–H groups in total. The number of hydrogen-bond acceptors (Lipinski definition) is 4. The first kappa shape index (κ1) is 14.6. The van der Waals surface area contributed by atoms with Crippen molar-refractivity contribution >= 4 is 5.69 Å². The van der Waals surface area contributed by atoms with Gasteiger partial charge in [0.2, 0.25) is 0 Å². The topological polar surface area (TPSA) is 61.6 Å². The van der Waals surface area contributed by atoms with Gasteiger partial charge in [-0.25, -0.2) is 0 Å². The van der Waals surface area contributed by atoms with E-state index in [1.165, 1.54) is 12.1 Å². The van der Waals surface area contributed by atoms with E-state index in [0.29, 0.717) is 13.2 Å². The minimum Gasteiger partial charge on any atom is -0.348 e. The van der Waals surface area contributed by atoms with Crippen LogP contribution < -0.4 is 0 Å². The van der Waals surface area contributed by atoms with Gasteiger partial charge in [-0.1, -0.05) is 13.8 Å². The second-order valence-electron chi connectivity index (χ2n) is 3.92. The predicted octanol–water partition coefficient (Wildman–Crippen LogP) is 3.45. The number of hydrogen-bond donors (Lipinski definition) is 0. The quantitative estimate of drug-likeness (QED) is 0.404. The van der Waals surface area contributed by atoms with Crippen LogP contribution in [-0.4, -0.2) is 18.1 Å². The maximum atomic E-state index is 10.6. The zero-order chi connectivity index (χ0) is 13.4. The number of rotatable bonds is 8. The summed E-state index contributed by atoms with van der Waals surface area (Å²) in [5.41, 5.74) is 0.881. The Morgan fingerprint density at radius 3 is 2.00 bits per heavy atom. The van der Waals surface area contributed by atoms with Gasteiger partial charge in [0.1, 0.15) is 0 Å². The first-order valence-corrected chi connectivity index (χ1v) is 6.16. The van der Waals surface area contributed by atoms with Crippen LogP contribution >= 0.6 is 0 Å². The van der Waals surface area contributed by atoms with Crippen molar-refractivity contribution in [2.45, 2.75) is 33.0 Å². The summed E-state index contributed by atoms with van der Waals surface area (Å²) in [6.07, 6.45) is 1.36. The van der Waals surface area contributed by atoms with E-state index in [4.69, 9.17) is 9.47 Å². The number of nitro benzene ring substituents is 1. The normalized spacial score (nSPS) is 10.8. The van der Waals surface area contributed by atoms with Crippen LogP contribution in [0.1, 0.15) is 38.5 Å². The average molecular weight is 253 g/mol. The molecule has 0 aliphatic rings. The smallest absolute Gasteiger partial charge is 0.269 e. The van der Waals surface area contributed by atoms with E-state index < -0.39 is 11.2 Å². The van der Waals surface area contributed by atoms with E-state index in [1.54, 1.807) is 12.1 Å². The highest BCUT2D eigenvalue weighted by Gasteiger charge is 2.13. The van der Waals surface area contributed by atoms with Crippen LogP contribution in [0.4, 0.5) is 5.69 Å². The first-order chi connectivity index (χ1) is 8.69. The molecule has 0 spiro atoms. The van der Waals surface area contributed by atoms with Crippen molar-refractivity contribution in [3.63, 3.8) is 0 Å². The number of benzene rings is 1. The summed E-state index contributed by atoms with van der Waals surface area (Å²) in [5, 5.41) is 10.6. The van der Waals surface area contributed by atoms with E-state index in [9.17, 15) is 10.1 Å². The zero-order valence-corrected chi connectivity index (χ0v) is 10.8. The summed E-state index contributed by atoms with van der Waals surface area (Å²) in [4.78, 5) is 10.2. The van der Waals surface area contributed by atoms with Crippen LogP contribution in [0, 0.1) is 10.1 Å². The molecule has 18 heavy (non-hydrogen) atoms. The van der Waals surface area contributed by atoms with Crippen LogP contribution in [0.15, 0.2) is 24.3 Å². The number of nitrogens with zero attached hydrogens (tertiary/aromatic N) is 1. The molecule has 0 bridgehead atoms. The Morgan fingerprint density at radius 1 is 1.11 bits per heavy atom. The summed E-state index contributed by atoms with van der Waals surface area (Å²) >= 11 is 0. The molecule has 0 heterocycles. The third kappa shape index (κ3) is 4.43. The fraction of sp³-hybridized carbons (Fsp3) is 0.538. The van der Waals surface area contributed by atoms with Crippen molar-refractivity contribution in [2.24, 2.45) is 0 Å². The molecular weight excluding hydrogens is 234 g/mol. The molecule has 5 heteroatoms. The molecule has 1 aromatic carbocycles. The predicted molar refractivity (Wildman–Crippen MR) is 68.3 cm³/mol. The lowest BCUT2D eigenvalue weighted by molar-refractivity contribution is -0.384. The van der Waals surface area contributed by atoms with Crippen molar-refractivity contribution in [1.29, 1.82) is 0 Å². The van der Waals surface area contributed by atoms with Crippen molar-refractivity contribution in [1.82, 2.24) is 0 Å². The molecule has 100 valence electrons. The van der Waals surface area contributed by atoms with Crippen LogP contribution in [0.2, 0.25) is 0 Å². The molecule has 5 nitrogen and oxygen atoms in total. The number of nitro groups is 1. The molecule has 0 aliphatic carbocycles. The summed E-state index contributed by atoms with van der Waals surface area (Å²) < 4.78 is 11.2. The Hall–Kier alpha value is -1.46. The Labute approximate surface area is 107 Å². The van der Waals surface area contributed by atoms with Crippen molar-refractivity contribution in [3.8, 4) is 0 Å². The van der Waals surface area contributed by atoms with Crippen molar-refractivity contribution in [2.75, 3.05) is 13.2 Å². The lowest BCUT2D eigenvalue weighted by Crippen LogP contribution is -2.10. The minimum absolute atomic E-state index is 0.0727. The van der Waals surface area contributed by atoms with Crippen molar-refractivity contribution < 1.29 is 14.4 Å². The number of non-ortho nitro benzene ring substituents is 1. The van der Waals surface area contributed by atoms with Crippen LogP contribution in [-0.2, 0) is 9.47 Å². The zero-order valence-electron chi connectivity index (χ0n) is 10.8. The second-order valence-corrected chi connectivity index (χ2v) is 3.92. The third-order valence-electron chi connectivity index (χ3n) is 2.32. The highest BCUT2D eigenvalue weighted by atomic mass is 16.7. The fourth-order valence-electron chi connectivity index (χ4n) is 1.44. The standard InChI is InChI=1S/C13H19NO4/c1-3-9-17-13(18-10-4-2)11-5-7-12(8-6-11)14(15)16/h5-8,13H,3-4,9-10H2,1-2H3. The Bertz CT molecular complexity index is 356. The van der Waals surface area contributed by atoms with Crippen molar-refractivity contribution in [3.05, 3.63) is 39.9 Å². The van der Waals surface area contributed by atoms with Crippen LogP contribution in [0.5, 0.6) is 0 Å². The summed E-state index contributed by atoms with van der Waals surface area (Å²) in [6.45, 7) is 5.25.